The Morgan fingerprint density at radius 3 is 2.71 bits per heavy atom. The van der Waals surface area contributed by atoms with Gasteiger partial charge in [0.15, 0.2) is 0 Å². The van der Waals surface area contributed by atoms with Gasteiger partial charge in [0.1, 0.15) is 5.76 Å². The van der Waals surface area contributed by atoms with Gasteiger partial charge in [0.25, 0.3) is 0 Å². The van der Waals surface area contributed by atoms with Gasteiger partial charge in [-0.2, -0.15) is 0 Å². The van der Waals surface area contributed by atoms with E-state index in [0.29, 0.717) is 12.4 Å². The molecule has 0 aliphatic rings. The molecule has 0 aliphatic heterocycles. The van der Waals surface area contributed by atoms with E-state index in [-0.39, 0.29) is 10.7 Å². The van der Waals surface area contributed by atoms with Gasteiger partial charge in [0, 0.05) is 0 Å². The summed E-state index contributed by atoms with van der Waals surface area (Å²) in [6.45, 7) is 5.82. The second kappa shape index (κ2) is 4.59. The van der Waals surface area contributed by atoms with E-state index in [0.717, 1.165) is 11.5 Å². The van der Waals surface area contributed by atoms with E-state index in [9.17, 15) is 4.79 Å². The topological polar surface area (TPSA) is 55.1 Å². The fraction of sp³-hybridized carbons (Fsp3) is 0.556. The summed E-state index contributed by atoms with van der Waals surface area (Å²) in [6.07, 6.45) is 0. The van der Waals surface area contributed by atoms with Crippen molar-refractivity contribution in [3.05, 3.63) is 17.3 Å². The number of rotatable bonds is 3. The van der Waals surface area contributed by atoms with E-state index in [2.05, 4.69) is 26.2 Å². The molecule has 1 N–H and O–H groups in total. The van der Waals surface area contributed by atoms with Crippen LogP contribution in [0.5, 0.6) is 0 Å². The van der Waals surface area contributed by atoms with Crippen molar-refractivity contribution in [3.8, 4) is 0 Å². The molecule has 78 valence electrons. The smallest absolute Gasteiger partial charge is 0.233 e. The summed E-state index contributed by atoms with van der Waals surface area (Å²) in [5.41, 5.74) is 0.862. The third-order valence-corrected chi connectivity index (χ3v) is 2.26. The lowest BCUT2D eigenvalue weighted by Crippen LogP contribution is -2.28. The Kier molecular flexibility index (Phi) is 3.69. The zero-order valence-electron chi connectivity index (χ0n) is 8.43. The van der Waals surface area contributed by atoms with Gasteiger partial charge in [-0.15, -0.1) is 0 Å². The molecule has 0 saturated heterocycles. The molecule has 1 aromatic rings. The summed E-state index contributed by atoms with van der Waals surface area (Å²) in [5, 5.41) is 2.70. The first kappa shape index (κ1) is 11.2. The number of nitrogens with one attached hydrogen (secondary N) is 1. The minimum absolute atomic E-state index is 0.0708. The molecule has 0 saturated carbocycles. The SMILES string of the molecule is Cc1nc(CNC(=O)C(C)Br)oc1C. The van der Waals surface area contributed by atoms with Crippen molar-refractivity contribution >= 4 is 21.8 Å². The first-order valence-electron chi connectivity index (χ1n) is 4.35. The van der Waals surface area contributed by atoms with E-state index in [1.54, 1.807) is 6.92 Å². The molecule has 14 heavy (non-hydrogen) atoms. The number of oxazole rings is 1. The molecule has 0 fully saturated rings. The lowest BCUT2D eigenvalue weighted by molar-refractivity contribution is -0.120. The van der Waals surface area contributed by atoms with E-state index >= 15 is 0 Å². The highest BCUT2D eigenvalue weighted by Gasteiger charge is 2.10. The maximum atomic E-state index is 11.2. The van der Waals surface area contributed by atoms with Crippen LogP contribution in [0.4, 0.5) is 0 Å². The maximum absolute atomic E-state index is 11.2. The number of alkyl halides is 1. The largest absolute Gasteiger partial charge is 0.444 e. The average Bonchev–Trinajstić information content (AvgIpc) is 2.42. The Morgan fingerprint density at radius 1 is 1.64 bits per heavy atom. The molecule has 1 atom stereocenters. The van der Waals surface area contributed by atoms with Crippen LogP contribution in [0.15, 0.2) is 4.42 Å². The summed E-state index contributed by atoms with van der Waals surface area (Å²) in [6, 6.07) is 0. The predicted octanol–water partition coefficient (Wildman–Crippen LogP) is 1.69. The van der Waals surface area contributed by atoms with Crippen molar-refractivity contribution in [2.75, 3.05) is 0 Å². The molecule has 0 aromatic carbocycles. The highest BCUT2D eigenvalue weighted by molar-refractivity contribution is 9.10. The van der Waals surface area contributed by atoms with E-state index < -0.39 is 0 Å². The zero-order valence-corrected chi connectivity index (χ0v) is 10.0. The second-order valence-corrected chi connectivity index (χ2v) is 4.46. The molecule has 1 rings (SSSR count). The molecule has 4 nitrogen and oxygen atoms in total. The number of carbonyl (C=O) groups is 1. The number of hydrogen-bond donors (Lipinski definition) is 1. The second-order valence-electron chi connectivity index (χ2n) is 3.08. The first-order chi connectivity index (χ1) is 6.50. The van der Waals surface area contributed by atoms with Crippen molar-refractivity contribution in [3.63, 3.8) is 0 Å². The van der Waals surface area contributed by atoms with Crippen LogP contribution < -0.4 is 5.32 Å². The minimum Gasteiger partial charge on any atom is -0.444 e. The monoisotopic (exact) mass is 260 g/mol. The molecular formula is C9H13BrN2O2. The highest BCUT2D eigenvalue weighted by Crippen LogP contribution is 2.08. The normalized spacial score (nSPS) is 12.6. The molecule has 0 spiro atoms. The third-order valence-electron chi connectivity index (χ3n) is 1.85. The Bertz CT molecular complexity index is 314. The Balaban J connectivity index is 2.50. The molecule has 1 heterocycles. The standard InChI is InChI=1S/C9H13BrN2O2/c1-5(10)9(13)11-4-8-12-6(2)7(3)14-8/h5H,4H2,1-3H3,(H,11,13). The molecule has 0 radical (unpaired) electrons. The lowest BCUT2D eigenvalue weighted by Gasteiger charge is -2.03. The Labute approximate surface area is 91.2 Å². The molecule has 0 aliphatic carbocycles. The van der Waals surface area contributed by atoms with E-state index in [4.69, 9.17) is 4.42 Å². The molecule has 0 bridgehead atoms. The number of halogens is 1. The van der Waals surface area contributed by atoms with Crippen LogP contribution in [0.1, 0.15) is 24.3 Å². The van der Waals surface area contributed by atoms with E-state index in [1.807, 2.05) is 13.8 Å². The lowest BCUT2D eigenvalue weighted by atomic mass is 10.4. The summed E-state index contributed by atoms with van der Waals surface area (Å²) < 4.78 is 5.30. The zero-order chi connectivity index (χ0) is 10.7. The van der Waals surface area contributed by atoms with Gasteiger partial charge in [0.05, 0.1) is 17.1 Å². The quantitative estimate of drug-likeness (QED) is 0.842. The molecule has 1 unspecified atom stereocenters. The van der Waals surface area contributed by atoms with Crippen molar-refractivity contribution < 1.29 is 9.21 Å². The van der Waals surface area contributed by atoms with Crippen molar-refractivity contribution in [1.82, 2.24) is 10.3 Å². The van der Waals surface area contributed by atoms with Crippen LogP contribution >= 0.6 is 15.9 Å². The molecular weight excluding hydrogens is 248 g/mol. The van der Waals surface area contributed by atoms with Crippen LogP contribution in [-0.4, -0.2) is 15.7 Å². The van der Waals surface area contributed by atoms with Gasteiger partial charge in [-0.3, -0.25) is 4.79 Å². The van der Waals surface area contributed by atoms with Crippen LogP contribution in [0, 0.1) is 13.8 Å². The van der Waals surface area contributed by atoms with Gasteiger partial charge in [-0.1, -0.05) is 15.9 Å². The van der Waals surface area contributed by atoms with E-state index in [1.165, 1.54) is 0 Å². The first-order valence-corrected chi connectivity index (χ1v) is 5.27. The summed E-state index contributed by atoms with van der Waals surface area (Å²) in [5.74, 6) is 1.26. The van der Waals surface area contributed by atoms with Gasteiger partial charge in [-0.05, 0) is 20.8 Å². The van der Waals surface area contributed by atoms with Crippen molar-refractivity contribution in [2.45, 2.75) is 32.1 Å². The average molecular weight is 261 g/mol. The van der Waals surface area contributed by atoms with Crippen LogP contribution in [0.2, 0.25) is 0 Å². The fourth-order valence-corrected chi connectivity index (χ4v) is 1.08. The van der Waals surface area contributed by atoms with Gasteiger partial charge >= 0.3 is 0 Å². The number of hydrogen-bond acceptors (Lipinski definition) is 3. The molecule has 1 aromatic heterocycles. The molecule has 5 heteroatoms. The van der Waals surface area contributed by atoms with Gasteiger partial charge in [0.2, 0.25) is 11.8 Å². The summed E-state index contributed by atoms with van der Waals surface area (Å²) in [4.78, 5) is 15.1. The van der Waals surface area contributed by atoms with Crippen LogP contribution in [-0.2, 0) is 11.3 Å². The number of aryl methyl sites for hydroxylation is 2. The van der Waals surface area contributed by atoms with Crippen LogP contribution in [0.25, 0.3) is 0 Å². The third kappa shape index (κ3) is 2.83. The number of nitrogens with zero attached hydrogens (tertiary/aromatic N) is 1. The van der Waals surface area contributed by atoms with Gasteiger partial charge in [-0.25, -0.2) is 4.98 Å². The Hall–Kier alpha value is -0.840. The predicted molar refractivity (Wildman–Crippen MR) is 56.2 cm³/mol. The fourth-order valence-electron chi connectivity index (χ4n) is 0.918. The van der Waals surface area contributed by atoms with Crippen molar-refractivity contribution in [2.24, 2.45) is 0 Å². The maximum Gasteiger partial charge on any atom is 0.233 e. The highest BCUT2D eigenvalue weighted by atomic mass is 79.9. The van der Waals surface area contributed by atoms with Gasteiger partial charge < -0.3 is 9.73 Å². The number of carbonyl (C=O) groups excluding carboxylic acids is 1. The summed E-state index contributed by atoms with van der Waals surface area (Å²) in [7, 11) is 0. The van der Waals surface area contributed by atoms with Crippen molar-refractivity contribution in [1.29, 1.82) is 0 Å². The Morgan fingerprint density at radius 2 is 2.29 bits per heavy atom. The number of aromatic nitrogens is 1. The summed E-state index contributed by atoms with van der Waals surface area (Å²) >= 11 is 3.17. The number of amides is 1. The van der Waals surface area contributed by atoms with Crippen LogP contribution in [0.3, 0.4) is 0 Å². The minimum atomic E-state index is -0.195. The molecule has 1 amide bonds.